The summed E-state index contributed by atoms with van der Waals surface area (Å²) < 4.78 is 0. The molecule has 0 bridgehead atoms. The van der Waals surface area contributed by atoms with Crippen molar-refractivity contribution in [1.82, 2.24) is 0 Å². The fraction of sp³-hybridized carbons (Fsp3) is 0.875. The fourth-order valence-electron chi connectivity index (χ4n) is 0.321. The van der Waals surface area contributed by atoms with Crippen molar-refractivity contribution < 1.29 is 9.90 Å². The van der Waals surface area contributed by atoms with Crippen LogP contribution in [0.3, 0.4) is 0 Å². The third-order valence-electron chi connectivity index (χ3n) is 2.41. The third-order valence-corrected chi connectivity index (χ3v) is 2.41. The van der Waals surface area contributed by atoms with Gasteiger partial charge in [0.1, 0.15) is 0 Å². The molecule has 0 aliphatic heterocycles. The molecule has 0 aromatic rings. The normalized spacial score (nSPS) is 11.1. The van der Waals surface area contributed by atoms with Gasteiger partial charge in [-0.05, 0) is 19.3 Å². The van der Waals surface area contributed by atoms with Gasteiger partial charge < -0.3 is 5.11 Å². The topological polar surface area (TPSA) is 37.3 Å². The molecule has 0 amide bonds. The van der Waals surface area contributed by atoms with Crippen LogP contribution in [0, 0.1) is 10.8 Å². The molecule has 0 fully saturated rings. The van der Waals surface area contributed by atoms with E-state index in [0.29, 0.717) is 0 Å². The minimum atomic E-state index is -0.736. The number of carbonyl (C=O) groups is 1. The van der Waals surface area contributed by atoms with Crippen LogP contribution in [0.15, 0.2) is 0 Å². The van der Waals surface area contributed by atoms with Crippen LogP contribution in [0.1, 0.15) is 34.6 Å². The summed E-state index contributed by atoms with van der Waals surface area (Å²) in [6, 6.07) is 0. The van der Waals surface area contributed by atoms with Gasteiger partial charge in [-0.25, -0.2) is 0 Å². The van der Waals surface area contributed by atoms with E-state index in [9.17, 15) is 4.79 Å². The van der Waals surface area contributed by atoms with Crippen molar-refractivity contribution in [3.63, 3.8) is 0 Å². The van der Waals surface area contributed by atoms with Crippen molar-refractivity contribution in [3.8, 4) is 0 Å². The quantitative estimate of drug-likeness (QED) is 0.601. The molecular formula is C8H18LiNaO2. The minimum absolute atomic E-state index is 0. The van der Waals surface area contributed by atoms with Gasteiger partial charge >= 0.3 is 54.4 Å². The number of carboxylic acids is 1. The van der Waals surface area contributed by atoms with E-state index in [4.69, 9.17) is 5.11 Å². The molecule has 0 saturated carbocycles. The first-order valence-corrected chi connectivity index (χ1v) is 3.43. The van der Waals surface area contributed by atoms with Gasteiger partial charge in [0.15, 0.2) is 0 Å². The Balaban J connectivity index is -0.000000405. The Labute approximate surface area is 109 Å². The second-order valence-electron chi connectivity index (χ2n) is 4.18. The molecule has 0 rings (SSSR count). The Kier molecular flexibility index (Phi) is 8.96. The summed E-state index contributed by atoms with van der Waals surface area (Å²) in [4.78, 5) is 10.7. The SMILES string of the molecule is CC(C)(C)C(C)(C)C(=O)O.[LiH].[NaH]. The van der Waals surface area contributed by atoms with Crippen LogP contribution in [-0.2, 0) is 4.79 Å². The summed E-state index contributed by atoms with van der Waals surface area (Å²) in [5, 5.41) is 8.78. The molecule has 0 aromatic heterocycles. The molecule has 0 unspecified atom stereocenters. The molecule has 0 atom stereocenters. The molecule has 0 aliphatic rings. The molecule has 0 heterocycles. The molecule has 4 heteroatoms. The zero-order chi connectivity index (χ0) is 8.58. The van der Waals surface area contributed by atoms with E-state index in [1.54, 1.807) is 13.8 Å². The molecule has 0 aliphatic carbocycles. The molecule has 0 radical (unpaired) electrons. The van der Waals surface area contributed by atoms with Crippen molar-refractivity contribution in [2.75, 3.05) is 0 Å². The molecule has 0 spiro atoms. The van der Waals surface area contributed by atoms with Crippen molar-refractivity contribution in [2.24, 2.45) is 10.8 Å². The van der Waals surface area contributed by atoms with Gasteiger partial charge in [0.25, 0.3) is 0 Å². The fourth-order valence-corrected chi connectivity index (χ4v) is 0.321. The summed E-state index contributed by atoms with van der Waals surface area (Å²) in [7, 11) is 0. The first-order chi connectivity index (χ1) is 4.19. The molecule has 2 nitrogen and oxygen atoms in total. The Morgan fingerprint density at radius 3 is 1.33 bits per heavy atom. The van der Waals surface area contributed by atoms with Gasteiger partial charge in [-0.3, -0.25) is 4.79 Å². The van der Waals surface area contributed by atoms with Crippen LogP contribution in [0.25, 0.3) is 0 Å². The van der Waals surface area contributed by atoms with Gasteiger partial charge in [-0.15, -0.1) is 0 Å². The molecule has 1 N–H and O–H groups in total. The Hall–Kier alpha value is 1.07. The standard InChI is InChI=1S/C8H16O2.Li.Na.2H/c1-7(2,3)8(4,5)6(9)10;;;;/h1-5H3,(H,9,10);;;;. The monoisotopic (exact) mass is 176 g/mol. The zero-order valence-electron chi connectivity index (χ0n) is 7.36. The molecule has 12 heavy (non-hydrogen) atoms. The number of carboxylic acid groups (broad SMARTS) is 1. The van der Waals surface area contributed by atoms with Crippen molar-refractivity contribution >= 4 is 54.4 Å². The summed E-state index contributed by atoms with van der Waals surface area (Å²) in [5.41, 5.74) is -0.828. The Morgan fingerprint density at radius 2 is 1.33 bits per heavy atom. The maximum absolute atomic E-state index is 10.7. The summed E-state index contributed by atoms with van der Waals surface area (Å²) in [6.45, 7) is 9.29. The second kappa shape index (κ2) is 5.73. The van der Waals surface area contributed by atoms with Gasteiger partial charge in [0, 0.05) is 0 Å². The van der Waals surface area contributed by atoms with Crippen molar-refractivity contribution in [3.05, 3.63) is 0 Å². The van der Waals surface area contributed by atoms with Crippen LogP contribution in [0.4, 0.5) is 0 Å². The second-order valence-corrected chi connectivity index (χ2v) is 4.18. The predicted molar refractivity (Wildman–Crippen MR) is 55.2 cm³/mol. The molecule has 0 saturated heterocycles. The predicted octanol–water partition coefficient (Wildman–Crippen LogP) is 0.846. The van der Waals surface area contributed by atoms with Gasteiger partial charge in [0.2, 0.25) is 0 Å². The summed E-state index contributed by atoms with van der Waals surface area (Å²) in [5.74, 6) is -0.736. The zero-order valence-corrected chi connectivity index (χ0v) is 7.36. The van der Waals surface area contributed by atoms with E-state index >= 15 is 0 Å². The van der Waals surface area contributed by atoms with E-state index in [2.05, 4.69) is 0 Å². The number of aliphatic carboxylic acids is 1. The van der Waals surface area contributed by atoms with Crippen LogP contribution in [0.5, 0.6) is 0 Å². The third kappa shape index (κ3) is 4.34. The molecular weight excluding hydrogens is 158 g/mol. The number of hydrogen-bond acceptors (Lipinski definition) is 1. The van der Waals surface area contributed by atoms with Crippen molar-refractivity contribution in [1.29, 1.82) is 0 Å². The maximum atomic E-state index is 10.7. The average molecular weight is 176 g/mol. The van der Waals surface area contributed by atoms with E-state index in [-0.39, 0.29) is 53.8 Å². The summed E-state index contributed by atoms with van der Waals surface area (Å²) >= 11 is 0. The van der Waals surface area contributed by atoms with Crippen LogP contribution < -0.4 is 0 Å². The molecule has 0 aromatic carbocycles. The van der Waals surface area contributed by atoms with Crippen molar-refractivity contribution in [2.45, 2.75) is 34.6 Å². The van der Waals surface area contributed by atoms with Gasteiger partial charge in [-0.1, -0.05) is 20.8 Å². The Morgan fingerprint density at radius 1 is 1.08 bits per heavy atom. The average Bonchev–Trinajstić information content (AvgIpc) is 1.62. The molecule has 64 valence electrons. The van der Waals surface area contributed by atoms with Crippen LogP contribution in [-0.4, -0.2) is 59.5 Å². The Bertz CT molecular complexity index is 150. The van der Waals surface area contributed by atoms with E-state index in [0.717, 1.165) is 0 Å². The number of rotatable bonds is 1. The van der Waals surface area contributed by atoms with Crippen LogP contribution >= 0.6 is 0 Å². The van der Waals surface area contributed by atoms with Gasteiger partial charge in [0.05, 0.1) is 5.41 Å². The van der Waals surface area contributed by atoms with E-state index in [1.165, 1.54) is 0 Å². The number of hydrogen-bond donors (Lipinski definition) is 1. The van der Waals surface area contributed by atoms with E-state index < -0.39 is 11.4 Å². The summed E-state index contributed by atoms with van der Waals surface area (Å²) in [6.07, 6.45) is 0. The first kappa shape index (κ1) is 18.8. The van der Waals surface area contributed by atoms with E-state index in [1.807, 2.05) is 20.8 Å². The first-order valence-electron chi connectivity index (χ1n) is 3.43. The van der Waals surface area contributed by atoms with Crippen LogP contribution in [0.2, 0.25) is 0 Å². The van der Waals surface area contributed by atoms with Gasteiger partial charge in [-0.2, -0.15) is 0 Å².